The van der Waals surface area contributed by atoms with Crippen LogP contribution in [-0.4, -0.2) is 53.3 Å². The fourth-order valence-corrected chi connectivity index (χ4v) is 2.19. The quantitative estimate of drug-likeness (QED) is 0.703. The van der Waals surface area contributed by atoms with Crippen LogP contribution in [0, 0.1) is 0 Å². The molecule has 1 aromatic heterocycles. The average molecular weight is 267 g/mol. The molecule has 0 spiro atoms. The highest BCUT2D eigenvalue weighted by Crippen LogP contribution is 2.15. The molecule has 0 atom stereocenters. The second kappa shape index (κ2) is 6.80. The first-order chi connectivity index (χ1) is 8.78. The second-order valence-corrected chi connectivity index (χ2v) is 5.11. The Morgan fingerprint density at radius 2 is 2.06 bits per heavy atom. The number of piperidine rings is 1. The number of nitrogens with one attached hydrogen (secondary N) is 2. The Morgan fingerprint density at radius 1 is 1.33 bits per heavy atom. The zero-order valence-corrected chi connectivity index (χ0v) is 11.7. The van der Waals surface area contributed by atoms with Gasteiger partial charge in [0.05, 0.1) is 0 Å². The van der Waals surface area contributed by atoms with E-state index < -0.39 is 0 Å². The highest BCUT2D eigenvalue weighted by Gasteiger charge is 2.16. The highest BCUT2D eigenvalue weighted by atomic mass is 32.1. The molecule has 100 valence electrons. The third-order valence-corrected chi connectivity index (χ3v) is 3.38. The fraction of sp³-hybridized carbons (Fsp3) is 0.667. The van der Waals surface area contributed by atoms with Gasteiger partial charge in [0.25, 0.3) is 0 Å². The van der Waals surface area contributed by atoms with Crippen molar-refractivity contribution in [1.82, 2.24) is 14.9 Å². The summed E-state index contributed by atoms with van der Waals surface area (Å²) >= 11 is 4.17. The Bertz CT molecular complexity index is 365. The van der Waals surface area contributed by atoms with Crippen molar-refractivity contribution in [3.05, 3.63) is 12.4 Å². The molecule has 0 saturated carbocycles. The van der Waals surface area contributed by atoms with Crippen molar-refractivity contribution in [2.45, 2.75) is 18.9 Å². The molecule has 1 aliphatic rings. The second-order valence-electron chi connectivity index (χ2n) is 4.66. The Hall–Kier alpha value is -1.01. The smallest absolute Gasteiger partial charge is 0.131 e. The van der Waals surface area contributed by atoms with Crippen molar-refractivity contribution in [3.8, 4) is 0 Å². The Labute approximate surface area is 114 Å². The predicted octanol–water partition coefficient (Wildman–Crippen LogP) is 1.32. The third-order valence-electron chi connectivity index (χ3n) is 3.16. The van der Waals surface area contributed by atoms with Crippen molar-refractivity contribution < 1.29 is 0 Å². The molecule has 0 bridgehead atoms. The molecule has 2 heterocycles. The molecule has 18 heavy (non-hydrogen) atoms. The van der Waals surface area contributed by atoms with E-state index >= 15 is 0 Å². The monoisotopic (exact) mass is 267 g/mol. The van der Waals surface area contributed by atoms with Crippen LogP contribution in [0.2, 0.25) is 0 Å². The number of hydrogen-bond acceptors (Lipinski definition) is 6. The molecule has 1 aromatic rings. The van der Waals surface area contributed by atoms with Crippen LogP contribution in [0.3, 0.4) is 0 Å². The molecule has 1 fully saturated rings. The highest BCUT2D eigenvalue weighted by molar-refractivity contribution is 7.80. The molecule has 2 rings (SSSR count). The van der Waals surface area contributed by atoms with E-state index in [2.05, 4.69) is 45.2 Å². The van der Waals surface area contributed by atoms with Crippen LogP contribution in [0.1, 0.15) is 12.8 Å². The summed E-state index contributed by atoms with van der Waals surface area (Å²) in [6.07, 6.45) is 3.93. The molecular weight excluding hydrogens is 246 g/mol. The lowest BCUT2D eigenvalue weighted by Gasteiger charge is -2.29. The maximum Gasteiger partial charge on any atom is 0.131 e. The summed E-state index contributed by atoms with van der Waals surface area (Å²) in [5, 5.41) is 6.68. The number of thiol groups is 1. The van der Waals surface area contributed by atoms with Gasteiger partial charge >= 0.3 is 0 Å². The van der Waals surface area contributed by atoms with Crippen molar-refractivity contribution in [2.75, 3.05) is 43.1 Å². The van der Waals surface area contributed by atoms with Crippen LogP contribution in [0.15, 0.2) is 12.4 Å². The lowest BCUT2D eigenvalue weighted by atomic mass is 10.1. The molecular formula is C12H21N5S. The minimum absolute atomic E-state index is 0.522. The van der Waals surface area contributed by atoms with Gasteiger partial charge < -0.3 is 15.5 Å². The van der Waals surface area contributed by atoms with Crippen LogP contribution < -0.4 is 10.6 Å². The van der Waals surface area contributed by atoms with E-state index in [1.54, 1.807) is 6.33 Å². The van der Waals surface area contributed by atoms with Crippen LogP contribution in [0.4, 0.5) is 11.6 Å². The summed E-state index contributed by atoms with van der Waals surface area (Å²) < 4.78 is 0. The number of likely N-dealkylation sites (tertiary alicyclic amines) is 1. The minimum atomic E-state index is 0.522. The topological polar surface area (TPSA) is 53.1 Å². The van der Waals surface area contributed by atoms with Gasteiger partial charge in [-0.05, 0) is 33.0 Å². The molecule has 1 aliphatic heterocycles. The van der Waals surface area contributed by atoms with Gasteiger partial charge in [-0.2, -0.15) is 12.6 Å². The van der Waals surface area contributed by atoms with Crippen molar-refractivity contribution in [3.63, 3.8) is 0 Å². The van der Waals surface area contributed by atoms with E-state index in [4.69, 9.17) is 0 Å². The molecule has 5 nitrogen and oxygen atoms in total. The Morgan fingerprint density at radius 3 is 2.78 bits per heavy atom. The molecule has 2 N–H and O–H groups in total. The molecule has 1 saturated heterocycles. The lowest BCUT2D eigenvalue weighted by Crippen LogP contribution is -2.36. The van der Waals surface area contributed by atoms with Crippen LogP contribution in [-0.2, 0) is 0 Å². The predicted molar refractivity (Wildman–Crippen MR) is 78.5 cm³/mol. The molecule has 0 radical (unpaired) electrons. The standard InChI is InChI=1S/C12H21N5S/c1-17-5-2-10(3-6-17)16-12-8-11(13-4-7-18)14-9-15-12/h8-10,18H,2-7H2,1H3,(H2,13,14,15,16). The van der Waals surface area contributed by atoms with E-state index in [1.807, 2.05) is 6.07 Å². The van der Waals surface area contributed by atoms with Gasteiger partial charge in [0.15, 0.2) is 0 Å². The van der Waals surface area contributed by atoms with E-state index in [0.717, 1.165) is 37.0 Å². The number of aromatic nitrogens is 2. The lowest BCUT2D eigenvalue weighted by molar-refractivity contribution is 0.263. The number of anilines is 2. The van der Waals surface area contributed by atoms with Crippen molar-refractivity contribution in [1.29, 1.82) is 0 Å². The van der Waals surface area contributed by atoms with E-state index in [9.17, 15) is 0 Å². The molecule has 6 heteroatoms. The summed E-state index contributed by atoms with van der Waals surface area (Å²) in [6.45, 7) is 3.11. The molecule has 0 amide bonds. The summed E-state index contributed by atoms with van der Waals surface area (Å²) in [5.41, 5.74) is 0. The SMILES string of the molecule is CN1CCC(Nc2cc(NCCS)ncn2)CC1. The zero-order valence-electron chi connectivity index (χ0n) is 10.8. The van der Waals surface area contributed by atoms with Crippen LogP contribution in [0.5, 0.6) is 0 Å². The summed E-state index contributed by atoms with van der Waals surface area (Å²) in [4.78, 5) is 10.8. The maximum atomic E-state index is 4.27. The summed E-state index contributed by atoms with van der Waals surface area (Å²) in [7, 11) is 2.17. The van der Waals surface area contributed by atoms with Gasteiger partial charge in [0.2, 0.25) is 0 Å². The number of nitrogens with zero attached hydrogens (tertiary/aromatic N) is 3. The first-order valence-corrected chi connectivity index (χ1v) is 7.03. The van der Waals surface area contributed by atoms with Crippen molar-refractivity contribution >= 4 is 24.3 Å². The van der Waals surface area contributed by atoms with Gasteiger partial charge in [-0.25, -0.2) is 9.97 Å². The maximum absolute atomic E-state index is 4.27. The Kier molecular flexibility index (Phi) is 5.07. The summed E-state index contributed by atoms with van der Waals surface area (Å²) in [5.74, 6) is 2.55. The molecule has 0 aliphatic carbocycles. The molecule has 0 unspecified atom stereocenters. The van der Waals surface area contributed by atoms with Gasteiger partial charge in [0.1, 0.15) is 18.0 Å². The Balaban J connectivity index is 1.88. The number of hydrogen-bond donors (Lipinski definition) is 3. The first kappa shape index (κ1) is 13.4. The first-order valence-electron chi connectivity index (χ1n) is 6.40. The molecule has 0 aromatic carbocycles. The number of rotatable bonds is 5. The van der Waals surface area contributed by atoms with Crippen LogP contribution >= 0.6 is 12.6 Å². The zero-order chi connectivity index (χ0) is 12.8. The van der Waals surface area contributed by atoms with Gasteiger partial charge in [-0.1, -0.05) is 0 Å². The van der Waals surface area contributed by atoms with Gasteiger partial charge in [-0.15, -0.1) is 0 Å². The fourth-order valence-electron chi connectivity index (χ4n) is 2.08. The third kappa shape index (κ3) is 4.03. The minimum Gasteiger partial charge on any atom is -0.369 e. The largest absolute Gasteiger partial charge is 0.369 e. The van der Waals surface area contributed by atoms with Crippen molar-refractivity contribution in [2.24, 2.45) is 0 Å². The van der Waals surface area contributed by atoms with E-state index in [-0.39, 0.29) is 0 Å². The summed E-state index contributed by atoms with van der Waals surface area (Å²) in [6, 6.07) is 2.48. The van der Waals surface area contributed by atoms with Crippen LogP contribution in [0.25, 0.3) is 0 Å². The average Bonchev–Trinajstić information content (AvgIpc) is 2.40. The van der Waals surface area contributed by atoms with E-state index in [0.29, 0.717) is 6.04 Å². The van der Waals surface area contributed by atoms with Gasteiger partial charge in [0, 0.05) is 24.4 Å². The normalized spacial score (nSPS) is 17.7. The van der Waals surface area contributed by atoms with E-state index in [1.165, 1.54) is 12.8 Å². The van der Waals surface area contributed by atoms with Gasteiger partial charge in [-0.3, -0.25) is 0 Å².